The molecule has 0 aromatic heterocycles. The van der Waals surface area contributed by atoms with Crippen molar-refractivity contribution in [3.8, 4) is 0 Å². The number of nitrogens with zero attached hydrogens (tertiary/aromatic N) is 1. The molecule has 0 bridgehead atoms. The van der Waals surface area contributed by atoms with Crippen molar-refractivity contribution in [1.82, 2.24) is 4.90 Å². The second kappa shape index (κ2) is 5.71. The van der Waals surface area contributed by atoms with Crippen LogP contribution in [0.1, 0.15) is 20.3 Å². The maximum absolute atomic E-state index is 11.6. The largest absolute Gasteiger partial charge is 0.372 e. The molecule has 4 heteroatoms. The van der Waals surface area contributed by atoms with Gasteiger partial charge in [0.05, 0.1) is 0 Å². The van der Waals surface area contributed by atoms with Gasteiger partial charge in [-0.3, -0.25) is 4.79 Å². The Labute approximate surface area is 93.9 Å². The SMILES string of the molecule is CCOCC(=O)N1CCC(Br)C(C)C1. The van der Waals surface area contributed by atoms with E-state index in [9.17, 15) is 4.79 Å². The highest BCUT2D eigenvalue weighted by atomic mass is 79.9. The Balaban J connectivity index is 2.34. The lowest BCUT2D eigenvalue weighted by atomic mass is 10.0. The maximum atomic E-state index is 11.6. The van der Waals surface area contributed by atoms with E-state index < -0.39 is 0 Å². The molecule has 1 rings (SSSR count). The number of likely N-dealkylation sites (tertiary alicyclic amines) is 1. The Kier molecular flexibility index (Phi) is 4.89. The van der Waals surface area contributed by atoms with Crippen molar-refractivity contribution in [2.75, 3.05) is 26.3 Å². The summed E-state index contributed by atoms with van der Waals surface area (Å²) in [7, 11) is 0. The van der Waals surface area contributed by atoms with Gasteiger partial charge in [-0.2, -0.15) is 0 Å². The van der Waals surface area contributed by atoms with Crippen LogP contribution >= 0.6 is 15.9 Å². The summed E-state index contributed by atoms with van der Waals surface area (Å²) in [5.41, 5.74) is 0. The van der Waals surface area contributed by atoms with E-state index in [1.807, 2.05) is 11.8 Å². The van der Waals surface area contributed by atoms with E-state index in [2.05, 4.69) is 22.9 Å². The van der Waals surface area contributed by atoms with Gasteiger partial charge in [-0.1, -0.05) is 22.9 Å². The van der Waals surface area contributed by atoms with Crippen LogP contribution in [0.3, 0.4) is 0 Å². The molecule has 1 amide bonds. The second-order valence-corrected chi connectivity index (χ2v) is 4.93. The van der Waals surface area contributed by atoms with E-state index in [1.54, 1.807) is 0 Å². The maximum Gasteiger partial charge on any atom is 0.248 e. The summed E-state index contributed by atoms with van der Waals surface area (Å²) in [6.45, 7) is 6.61. The monoisotopic (exact) mass is 263 g/mol. The molecule has 2 atom stereocenters. The quantitative estimate of drug-likeness (QED) is 0.725. The molecule has 82 valence electrons. The van der Waals surface area contributed by atoms with E-state index in [4.69, 9.17) is 4.74 Å². The molecule has 1 aliphatic rings. The van der Waals surface area contributed by atoms with E-state index in [0.29, 0.717) is 17.4 Å². The smallest absolute Gasteiger partial charge is 0.248 e. The van der Waals surface area contributed by atoms with Gasteiger partial charge in [0.25, 0.3) is 0 Å². The topological polar surface area (TPSA) is 29.5 Å². The second-order valence-electron chi connectivity index (χ2n) is 3.76. The standard InChI is InChI=1S/C10H18BrNO2/c1-3-14-7-10(13)12-5-4-9(11)8(2)6-12/h8-9H,3-7H2,1-2H3. The first-order valence-electron chi connectivity index (χ1n) is 5.14. The van der Waals surface area contributed by atoms with Crippen molar-refractivity contribution >= 4 is 21.8 Å². The number of alkyl halides is 1. The molecule has 2 unspecified atom stereocenters. The first kappa shape index (κ1) is 12.0. The van der Waals surface area contributed by atoms with Gasteiger partial charge in [-0.25, -0.2) is 0 Å². The normalized spacial score (nSPS) is 27.8. The molecule has 0 aromatic carbocycles. The molecule has 1 saturated heterocycles. The molecule has 1 heterocycles. The lowest BCUT2D eigenvalue weighted by Crippen LogP contribution is -2.44. The minimum absolute atomic E-state index is 0.123. The number of hydrogen-bond donors (Lipinski definition) is 0. The zero-order chi connectivity index (χ0) is 10.6. The van der Waals surface area contributed by atoms with Crippen molar-refractivity contribution in [2.24, 2.45) is 5.92 Å². The number of halogens is 1. The fourth-order valence-electron chi connectivity index (χ4n) is 1.62. The van der Waals surface area contributed by atoms with Crippen molar-refractivity contribution in [1.29, 1.82) is 0 Å². The number of rotatable bonds is 3. The molecular formula is C10H18BrNO2. The lowest BCUT2D eigenvalue weighted by Gasteiger charge is -2.34. The Hall–Kier alpha value is -0.0900. The van der Waals surface area contributed by atoms with Gasteiger partial charge in [0.15, 0.2) is 0 Å². The minimum Gasteiger partial charge on any atom is -0.372 e. The van der Waals surface area contributed by atoms with Gasteiger partial charge in [-0.05, 0) is 19.3 Å². The Morgan fingerprint density at radius 2 is 2.36 bits per heavy atom. The predicted octanol–water partition coefficient (Wildman–Crippen LogP) is 1.65. The summed E-state index contributed by atoms with van der Waals surface area (Å²) in [5, 5.41) is 0. The minimum atomic E-state index is 0.123. The summed E-state index contributed by atoms with van der Waals surface area (Å²) < 4.78 is 5.11. The average molecular weight is 264 g/mol. The lowest BCUT2D eigenvalue weighted by molar-refractivity contribution is -0.137. The van der Waals surface area contributed by atoms with Crippen LogP contribution in [0.25, 0.3) is 0 Å². The van der Waals surface area contributed by atoms with Crippen molar-refractivity contribution in [3.63, 3.8) is 0 Å². The van der Waals surface area contributed by atoms with E-state index >= 15 is 0 Å². The fraction of sp³-hybridized carbons (Fsp3) is 0.900. The predicted molar refractivity (Wildman–Crippen MR) is 59.6 cm³/mol. The number of carbonyl (C=O) groups is 1. The number of carbonyl (C=O) groups excluding carboxylic acids is 1. The molecular weight excluding hydrogens is 246 g/mol. The molecule has 0 radical (unpaired) electrons. The van der Waals surface area contributed by atoms with Gasteiger partial charge in [0, 0.05) is 24.5 Å². The molecule has 0 aliphatic carbocycles. The molecule has 14 heavy (non-hydrogen) atoms. The van der Waals surface area contributed by atoms with E-state index in [1.165, 1.54) is 0 Å². The number of amides is 1. The third kappa shape index (κ3) is 3.24. The van der Waals surface area contributed by atoms with Gasteiger partial charge in [-0.15, -0.1) is 0 Å². The zero-order valence-corrected chi connectivity index (χ0v) is 10.4. The third-order valence-corrected chi connectivity index (χ3v) is 3.94. The van der Waals surface area contributed by atoms with Crippen LogP contribution in [-0.2, 0) is 9.53 Å². The van der Waals surface area contributed by atoms with Crippen LogP contribution in [0.5, 0.6) is 0 Å². The van der Waals surface area contributed by atoms with Crippen LogP contribution in [0.4, 0.5) is 0 Å². The summed E-state index contributed by atoms with van der Waals surface area (Å²) in [6, 6.07) is 0. The van der Waals surface area contributed by atoms with Gasteiger partial charge < -0.3 is 9.64 Å². The van der Waals surface area contributed by atoms with Gasteiger partial charge >= 0.3 is 0 Å². The highest BCUT2D eigenvalue weighted by molar-refractivity contribution is 9.09. The molecule has 0 N–H and O–H groups in total. The Morgan fingerprint density at radius 1 is 1.64 bits per heavy atom. The number of piperidine rings is 1. The molecule has 1 aliphatic heterocycles. The first-order valence-corrected chi connectivity index (χ1v) is 6.06. The number of hydrogen-bond acceptors (Lipinski definition) is 2. The highest BCUT2D eigenvalue weighted by Gasteiger charge is 2.26. The molecule has 0 spiro atoms. The van der Waals surface area contributed by atoms with Crippen LogP contribution in [0, 0.1) is 5.92 Å². The van der Waals surface area contributed by atoms with Crippen LogP contribution in [-0.4, -0.2) is 41.9 Å². The van der Waals surface area contributed by atoms with Crippen molar-refractivity contribution in [3.05, 3.63) is 0 Å². The summed E-state index contributed by atoms with van der Waals surface area (Å²) in [4.78, 5) is 14.1. The highest BCUT2D eigenvalue weighted by Crippen LogP contribution is 2.23. The van der Waals surface area contributed by atoms with Crippen molar-refractivity contribution in [2.45, 2.75) is 25.1 Å². The first-order chi connectivity index (χ1) is 6.65. The Bertz CT molecular complexity index is 199. The summed E-state index contributed by atoms with van der Waals surface area (Å²) >= 11 is 3.61. The molecule has 0 saturated carbocycles. The van der Waals surface area contributed by atoms with E-state index in [-0.39, 0.29) is 12.5 Å². The van der Waals surface area contributed by atoms with Crippen LogP contribution in [0.2, 0.25) is 0 Å². The van der Waals surface area contributed by atoms with Crippen LogP contribution in [0.15, 0.2) is 0 Å². The average Bonchev–Trinajstić information content (AvgIpc) is 2.18. The van der Waals surface area contributed by atoms with Crippen molar-refractivity contribution < 1.29 is 9.53 Å². The summed E-state index contributed by atoms with van der Waals surface area (Å²) in [5.74, 6) is 0.660. The summed E-state index contributed by atoms with van der Waals surface area (Å²) in [6.07, 6.45) is 1.04. The van der Waals surface area contributed by atoms with E-state index in [0.717, 1.165) is 19.5 Å². The fourth-order valence-corrected chi connectivity index (χ4v) is 2.00. The molecule has 0 aromatic rings. The zero-order valence-electron chi connectivity index (χ0n) is 8.83. The Morgan fingerprint density at radius 3 is 2.93 bits per heavy atom. The number of ether oxygens (including phenoxy) is 1. The molecule has 3 nitrogen and oxygen atoms in total. The van der Waals surface area contributed by atoms with Gasteiger partial charge in [0.2, 0.25) is 5.91 Å². The van der Waals surface area contributed by atoms with Gasteiger partial charge in [0.1, 0.15) is 6.61 Å². The van der Waals surface area contributed by atoms with Crippen LogP contribution < -0.4 is 0 Å². The third-order valence-electron chi connectivity index (χ3n) is 2.58. The molecule has 1 fully saturated rings.